The van der Waals surface area contributed by atoms with Crippen molar-refractivity contribution in [3.05, 3.63) is 107 Å². The number of benzene rings is 3. The number of esters is 1. The van der Waals surface area contributed by atoms with Gasteiger partial charge < -0.3 is 14.8 Å². The number of amides is 2. The van der Waals surface area contributed by atoms with Gasteiger partial charge in [-0.2, -0.15) is 5.26 Å². The topological polar surface area (TPSA) is 109 Å². The van der Waals surface area contributed by atoms with Crippen LogP contribution >= 0.6 is 0 Å². The van der Waals surface area contributed by atoms with Gasteiger partial charge in [0.2, 0.25) is 5.91 Å². The summed E-state index contributed by atoms with van der Waals surface area (Å²) in [5.74, 6) is -1.11. The first-order valence-corrected chi connectivity index (χ1v) is 11.9. The Labute approximate surface area is 215 Å². The van der Waals surface area contributed by atoms with E-state index in [-0.39, 0.29) is 26.0 Å². The molecular formula is C29H27N3O5. The summed E-state index contributed by atoms with van der Waals surface area (Å²) in [5.41, 5.74) is 3.86. The second-order valence-corrected chi connectivity index (χ2v) is 8.76. The van der Waals surface area contributed by atoms with Gasteiger partial charge in [-0.1, -0.05) is 66.7 Å². The molecule has 1 N–H and O–H groups in total. The Kier molecular flexibility index (Phi) is 8.16. The Balaban J connectivity index is 1.54. The zero-order valence-electron chi connectivity index (χ0n) is 20.4. The lowest BCUT2D eigenvalue weighted by Gasteiger charge is -2.35. The molecule has 0 bridgehead atoms. The number of nitriles is 1. The predicted octanol–water partition coefficient (Wildman–Crippen LogP) is 3.52. The zero-order valence-corrected chi connectivity index (χ0v) is 20.4. The van der Waals surface area contributed by atoms with Crippen molar-refractivity contribution in [1.29, 1.82) is 5.26 Å². The number of fused-ring (bicyclic) bond motifs is 1. The minimum Gasteiger partial charge on any atom is -0.467 e. The fourth-order valence-corrected chi connectivity index (χ4v) is 4.36. The maximum absolute atomic E-state index is 13.5. The van der Waals surface area contributed by atoms with Crippen LogP contribution in [0.15, 0.2) is 78.9 Å². The van der Waals surface area contributed by atoms with E-state index in [1.54, 1.807) is 24.3 Å². The maximum Gasteiger partial charge on any atom is 0.411 e. The third-order valence-corrected chi connectivity index (χ3v) is 6.29. The van der Waals surface area contributed by atoms with Crippen molar-refractivity contribution in [2.75, 3.05) is 7.11 Å². The SMILES string of the molecule is COC(=O)[C@H](Cc1cccc(C#N)c1)NC(=O)[C@@H]1Cc2ccccc2CN1C(=O)OCc1ccccc1. The molecule has 0 saturated carbocycles. The highest BCUT2D eigenvalue weighted by atomic mass is 16.6. The number of carbonyl (C=O) groups excluding carboxylic acids is 3. The van der Waals surface area contributed by atoms with Crippen molar-refractivity contribution in [3.8, 4) is 6.07 Å². The standard InChI is InChI=1S/C29H27N3O5/c1-36-28(34)25(15-21-10-7-11-22(14-21)17-30)31-27(33)26-16-23-12-5-6-13-24(23)18-32(26)29(35)37-19-20-8-3-2-4-9-20/h2-14,25-26H,15-16,18-19H2,1H3,(H,31,33)/t25-,26-/m0/s1. The highest BCUT2D eigenvalue weighted by molar-refractivity contribution is 5.90. The van der Waals surface area contributed by atoms with Crippen LogP contribution in [0.5, 0.6) is 0 Å². The number of rotatable bonds is 7. The van der Waals surface area contributed by atoms with Gasteiger partial charge in [-0.15, -0.1) is 0 Å². The molecule has 2 amide bonds. The molecule has 1 aliphatic heterocycles. The fourth-order valence-electron chi connectivity index (χ4n) is 4.36. The minimum absolute atomic E-state index is 0.0756. The first-order valence-electron chi connectivity index (χ1n) is 11.9. The Hall–Kier alpha value is -4.64. The van der Waals surface area contributed by atoms with Crippen LogP contribution in [0, 0.1) is 11.3 Å². The summed E-state index contributed by atoms with van der Waals surface area (Å²) in [6.45, 7) is 0.279. The third-order valence-electron chi connectivity index (χ3n) is 6.29. The van der Waals surface area contributed by atoms with Crippen molar-refractivity contribution in [2.24, 2.45) is 0 Å². The lowest BCUT2D eigenvalue weighted by atomic mass is 9.93. The van der Waals surface area contributed by atoms with E-state index in [2.05, 4.69) is 11.4 Å². The smallest absolute Gasteiger partial charge is 0.411 e. The van der Waals surface area contributed by atoms with Gasteiger partial charge in [0.15, 0.2) is 0 Å². The minimum atomic E-state index is -0.995. The first kappa shape index (κ1) is 25.5. The van der Waals surface area contributed by atoms with Crippen LogP contribution in [0.2, 0.25) is 0 Å². The van der Waals surface area contributed by atoms with Crippen molar-refractivity contribution in [1.82, 2.24) is 10.2 Å². The highest BCUT2D eigenvalue weighted by Gasteiger charge is 2.37. The molecule has 4 rings (SSSR count). The van der Waals surface area contributed by atoms with Crippen LogP contribution in [0.1, 0.15) is 27.8 Å². The number of nitrogens with zero attached hydrogens (tertiary/aromatic N) is 2. The number of ether oxygens (including phenoxy) is 2. The summed E-state index contributed by atoms with van der Waals surface area (Å²) in [7, 11) is 1.25. The quantitative estimate of drug-likeness (QED) is 0.501. The van der Waals surface area contributed by atoms with Gasteiger partial charge in [0.1, 0.15) is 18.7 Å². The molecule has 1 aliphatic rings. The van der Waals surface area contributed by atoms with E-state index in [9.17, 15) is 19.6 Å². The summed E-state index contributed by atoms with van der Waals surface area (Å²) in [6.07, 6.45) is -0.203. The normalized spacial score (nSPS) is 15.0. The van der Waals surface area contributed by atoms with Gasteiger partial charge >= 0.3 is 12.1 Å². The lowest BCUT2D eigenvalue weighted by Crippen LogP contribution is -2.56. The van der Waals surface area contributed by atoms with Gasteiger partial charge in [-0.25, -0.2) is 9.59 Å². The van der Waals surface area contributed by atoms with Crippen molar-refractivity contribution in [2.45, 2.75) is 38.1 Å². The average Bonchev–Trinajstić information content (AvgIpc) is 2.95. The molecule has 3 aromatic rings. The summed E-state index contributed by atoms with van der Waals surface area (Å²) in [4.78, 5) is 40.6. The summed E-state index contributed by atoms with van der Waals surface area (Å²) in [6, 6.07) is 23.9. The van der Waals surface area contributed by atoms with Crippen LogP contribution in [-0.2, 0) is 45.1 Å². The second kappa shape index (κ2) is 11.9. The van der Waals surface area contributed by atoms with Crippen molar-refractivity contribution >= 4 is 18.0 Å². The molecule has 0 fully saturated rings. The predicted molar refractivity (Wildman–Crippen MR) is 135 cm³/mol. The van der Waals surface area contributed by atoms with Crippen LogP contribution < -0.4 is 5.32 Å². The number of carbonyl (C=O) groups is 3. The van der Waals surface area contributed by atoms with Crippen LogP contribution in [0.25, 0.3) is 0 Å². The molecule has 0 spiro atoms. The summed E-state index contributed by atoms with van der Waals surface area (Å²) >= 11 is 0. The lowest BCUT2D eigenvalue weighted by molar-refractivity contribution is -0.145. The van der Waals surface area contributed by atoms with Crippen molar-refractivity contribution < 1.29 is 23.9 Å². The Morgan fingerprint density at radius 2 is 1.70 bits per heavy atom. The Morgan fingerprint density at radius 1 is 1.00 bits per heavy atom. The van der Waals surface area contributed by atoms with E-state index in [0.29, 0.717) is 11.1 Å². The molecule has 2 atom stereocenters. The third kappa shape index (κ3) is 6.33. The monoisotopic (exact) mass is 497 g/mol. The molecule has 0 saturated heterocycles. The van der Waals surface area contributed by atoms with Gasteiger partial charge in [0.05, 0.1) is 25.3 Å². The van der Waals surface area contributed by atoms with Gasteiger partial charge in [-0.05, 0) is 34.4 Å². The Morgan fingerprint density at radius 3 is 2.43 bits per heavy atom. The number of methoxy groups -OCH3 is 1. The molecule has 0 aliphatic carbocycles. The van der Waals surface area contributed by atoms with Gasteiger partial charge in [0, 0.05) is 12.8 Å². The van der Waals surface area contributed by atoms with Crippen LogP contribution in [0.3, 0.4) is 0 Å². The zero-order chi connectivity index (χ0) is 26.2. The summed E-state index contributed by atoms with van der Waals surface area (Å²) in [5, 5.41) is 12.0. The van der Waals surface area contributed by atoms with E-state index < -0.39 is 30.1 Å². The van der Waals surface area contributed by atoms with E-state index in [1.165, 1.54) is 12.0 Å². The summed E-state index contributed by atoms with van der Waals surface area (Å²) < 4.78 is 10.5. The van der Waals surface area contributed by atoms with Gasteiger partial charge in [0.25, 0.3) is 0 Å². The largest absolute Gasteiger partial charge is 0.467 e. The molecule has 1 heterocycles. The molecule has 37 heavy (non-hydrogen) atoms. The molecule has 188 valence electrons. The fraction of sp³-hybridized carbons (Fsp3) is 0.241. The Bertz CT molecular complexity index is 1320. The average molecular weight is 498 g/mol. The molecule has 0 unspecified atom stereocenters. The van der Waals surface area contributed by atoms with E-state index >= 15 is 0 Å². The van der Waals surface area contributed by atoms with Gasteiger partial charge in [-0.3, -0.25) is 9.69 Å². The number of hydrogen-bond acceptors (Lipinski definition) is 6. The van der Waals surface area contributed by atoms with Crippen LogP contribution in [0.4, 0.5) is 4.79 Å². The first-order chi connectivity index (χ1) is 18.0. The van der Waals surface area contributed by atoms with E-state index in [1.807, 2.05) is 54.6 Å². The van der Waals surface area contributed by atoms with Crippen molar-refractivity contribution in [3.63, 3.8) is 0 Å². The second-order valence-electron chi connectivity index (χ2n) is 8.76. The maximum atomic E-state index is 13.5. The van der Waals surface area contributed by atoms with Crippen LogP contribution in [-0.4, -0.2) is 42.1 Å². The highest BCUT2D eigenvalue weighted by Crippen LogP contribution is 2.25. The molecular weight excluding hydrogens is 470 g/mol. The molecule has 0 aromatic heterocycles. The number of hydrogen-bond donors (Lipinski definition) is 1. The van der Waals surface area contributed by atoms with E-state index in [0.717, 1.165) is 16.7 Å². The molecule has 8 nitrogen and oxygen atoms in total. The molecule has 8 heteroatoms. The number of nitrogens with one attached hydrogen (secondary N) is 1. The van der Waals surface area contributed by atoms with E-state index in [4.69, 9.17) is 9.47 Å². The molecule has 3 aromatic carbocycles. The molecule has 0 radical (unpaired) electrons.